The number of amides is 1. The molecule has 140 valence electrons. The van der Waals surface area contributed by atoms with Gasteiger partial charge in [-0.2, -0.15) is 0 Å². The van der Waals surface area contributed by atoms with Gasteiger partial charge in [0.1, 0.15) is 11.4 Å². The number of benzene rings is 1. The third-order valence-corrected chi connectivity index (χ3v) is 7.40. The first kappa shape index (κ1) is 17.1. The van der Waals surface area contributed by atoms with Gasteiger partial charge in [0.2, 0.25) is 0 Å². The fourth-order valence-corrected chi connectivity index (χ4v) is 6.03. The van der Waals surface area contributed by atoms with Crippen LogP contribution in [-0.4, -0.2) is 42.1 Å². The van der Waals surface area contributed by atoms with Crippen LogP contribution in [0.15, 0.2) is 16.6 Å². The Morgan fingerprint density at radius 2 is 1.96 bits per heavy atom. The summed E-state index contributed by atoms with van der Waals surface area (Å²) in [6.45, 7) is 3.38. The fourth-order valence-electron chi connectivity index (χ4n) is 5.52. The predicted molar refractivity (Wildman–Crippen MR) is 105 cm³/mol. The van der Waals surface area contributed by atoms with Gasteiger partial charge in [-0.25, -0.2) is 0 Å². The van der Waals surface area contributed by atoms with Crippen LogP contribution in [0.3, 0.4) is 0 Å². The Kier molecular flexibility index (Phi) is 4.28. The number of halogens is 1. The normalized spacial score (nSPS) is 31.5. The Labute approximate surface area is 163 Å². The molecule has 3 saturated heterocycles. The molecule has 1 amide bonds. The smallest absolute Gasteiger partial charge is 0.255 e. The Morgan fingerprint density at radius 1 is 1.19 bits per heavy atom. The molecule has 4 fully saturated rings. The van der Waals surface area contributed by atoms with Crippen LogP contribution in [0.1, 0.15) is 60.9 Å². The molecule has 1 unspecified atom stereocenters. The molecule has 4 aliphatic heterocycles. The first-order chi connectivity index (χ1) is 12.6. The average molecular weight is 419 g/mol. The van der Waals surface area contributed by atoms with Crippen molar-refractivity contribution in [1.82, 2.24) is 10.2 Å². The SMILES string of the molecule is O=C(NC1CN2CCC1CC2)c1cc(Br)cc2c1OC1(CCCCC1)C2. The summed E-state index contributed by atoms with van der Waals surface area (Å²) in [5, 5.41) is 3.33. The number of hydrogen-bond acceptors (Lipinski definition) is 3. The minimum Gasteiger partial charge on any atom is -0.486 e. The van der Waals surface area contributed by atoms with Crippen LogP contribution in [0.2, 0.25) is 0 Å². The van der Waals surface area contributed by atoms with Crippen LogP contribution < -0.4 is 10.1 Å². The maximum absolute atomic E-state index is 13.1. The molecule has 5 aliphatic rings. The summed E-state index contributed by atoms with van der Waals surface area (Å²) < 4.78 is 7.48. The zero-order valence-corrected chi connectivity index (χ0v) is 16.8. The van der Waals surface area contributed by atoms with Crippen LogP contribution in [0.5, 0.6) is 5.75 Å². The van der Waals surface area contributed by atoms with Crippen molar-refractivity contribution in [3.8, 4) is 5.75 Å². The second-order valence-electron chi connectivity index (χ2n) is 8.68. The summed E-state index contributed by atoms with van der Waals surface area (Å²) in [6, 6.07) is 4.37. The number of hydrogen-bond donors (Lipinski definition) is 1. The van der Waals surface area contributed by atoms with Crippen molar-refractivity contribution in [3.63, 3.8) is 0 Å². The van der Waals surface area contributed by atoms with Crippen molar-refractivity contribution < 1.29 is 9.53 Å². The molecule has 26 heavy (non-hydrogen) atoms. The molecule has 0 aromatic heterocycles. The number of carbonyl (C=O) groups is 1. The van der Waals surface area contributed by atoms with E-state index >= 15 is 0 Å². The Hall–Kier alpha value is -1.07. The number of nitrogens with one attached hydrogen (secondary N) is 1. The number of ether oxygens (including phenoxy) is 1. The molecule has 2 bridgehead atoms. The number of nitrogens with zero attached hydrogens (tertiary/aromatic N) is 1. The Bertz CT molecular complexity index is 721. The van der Waals surface area contributed by atoms with Gasteiger partial charge in [0.05, 0.1) is 5.56 Å². The van der Waals surface area contributed by atoms with E-state index in [1.54, 1.807) is 0 Å². The molecule has 1 atom stereocenters. The predicted octanol–water partition coefficient (Wildman–Crippen LogP) is 3.91. The molecule has 6 rings (SSSR count). The van der Waals surface area contributed by atoms with Crippen LogP contribution in [-0.2, 0) is 6.42 Å². The lowest BCUT2D eigenvalue weighted by molar-refractivity contribution is 0.0502. The molecular weight excluding hydrogens is 392 g/mol. The van der Waals surface area contributed by atoms with Gasteiger partial charge in [0.15, 0.2) is 0 Å². The molecule has 1 spiro atoms. The fraction of sp³-hybridized carbons (Fsp3) is 0.667. The van der Waals surface area contributed by atoms with Crippen molar-refractivity contribution in [2.24, 2.45) is 5.92 Å². The minimum atomic E-state index is -0.0635. The molecule has 1 aromatic carbocycles. The van der Waals surface area contributed by atoms with E-state index < -0.39 is 0 Å². The Morgan fingerprint density at radius 3 is 2.65 bits per heavy atom. The molecule has 1 saturated carbocycles. The molecule has 5 heteroatoms. The highest BCUT2D eigenvalue weighted by Crippen LogP contribution is 2.46. The van der Waals surface area contributed by atoms with Gasteiger partial charge in [-0.3, -0.25) is 4.79 Å². The number of fused-ring (bicyclic) bond motifs is 4. The molecule has 0 radical (unpaired) electrons. The van der Waals surface area contributed by atoms with Crippen molar-refractivity contribution in [1.29, 1.82) is 0 Å². The second kappa shape index (κ2) is 6.52. The highest BCUT2D eigenvalue weighted by atomic mass is 79.9. The summed E-state index contributed by atoms with van der Waals surface area (Å²) >= 11 is 3.61. The maximum Gasteiger partial charge on any atom is 0.255 e. The van der Waals surface area contributed by atoms with Gasteiger partial charge in [0.25, 0.3) is 5.91 Å². The van der Waals surface area contributed by atoms with Gasteiger partial charge in [0, 0.05) is 29.0 Å². The molecule has 1 N–H and O–H groups in total. The monoisotopic (exact) mass is 418 g/mol. The summed E-state index contributed by atoms with van der Waals surface area (Å²) in [4.78, 5) is 15.6. The van der Waals surface area contributed by atoms with Crippen LogP contribution >= 0.6 is 15.9 Å². The first-order valence-corrected chi connectivity index (χ1v) is 11.0. The molecule has 1 aliphatic carbocycles. The summed E-state index contributed by atoms with van der Waals surface area (Å²) in [6.07, 6.45) is 9.36. The summed E-state index contributed by atoms with van der Waals surface area (Å²) in [5.41, 5.74) is 1.85. The van der Waals surface area contributed by atoms with Crippen LogP contribution in [0.25, 0.3) is 0 Å². The third kappa shape index (κ3) is 2.97. The molecule has 4 nitrogen and oxygen atoms in total. The zero-order chi connectivity index (χ0) is 17.7. The number of rotatable bonds is 2. The van der Waals surface area contributed by atoms with Gasteiger partial charge in [-0.05, 0) is 69.7 Å². The van der Waals surface area contributed by atoms with Gasteiger partial charge < -0.3 is 15.0 Å². The van der Waals surface area contributed by atoms with E-state index in [9.17, 15) is 4.79 Å². The van der Waals surface area contributed by atoms with Gasteiger partial charge in [-0.15, -0.1) is 0 Å². The lowest BCUT2D eigenvalue weighted by Gasteiger charge is -2.45. The zero-order valence-electron chi connectivity index (χ0n) is 15.2. The van der Waals surface area contributed by atoms with E-state index in [-0.39, 0.29) is 17.6 Å². The van der Waals surface area contributed by atoms with E-state index in [0.717, 1.165) is 36.0 Å². The summed E-state index contributed by atoms with van der Waals surface area (Å²) in [7, 11) is 0. The largest absolute Gasteiger partial charge is 0.486 e. The van der Waals surface area contributed by atoms with E-state index in [0.29, 0.717) is 11.5 Å². The van der Waals surface area contributed by atoms with E-state index in [1.165, 1.54) is 50.8 Å². The molecular formula is C21H27BrN2O2. The maximum atomic E-state index is 13.1. The number of piperidine rings is 3. The van der Waals surface area contributed by atoms with Crippen molar-refractivity contribution >= 4 is 21.8 Å². The second-order valence-corrected chi connectivity index (χ2v) is 9.60. The van der Waals surface area contributed by atoms with Gasteiger partial charge in [-0.1, -0.05) is 22.4 Å². The van der Waals surface area contributed by atoms with Crippen LogP contribution in [0.4, 0.5) is 0 Å². The summed E-state index contributed by atoms with van der Waals surface area (Å²) in [5.74, 6) is 1.51. The Balaban J connectivity index is 1.39. The highest BCUT2D eigenvalue weighted by molar-refractivity contribution is 9.10. The van der Waals surface area contributed by atoms with Crippen molar-refractivity contribution in [3.05, 3.63) is 27.7 Å². The lowest BCUT2D eigenvalue weighted by atomic mass is 9.82. The topological polar surface area (TPSA) is 41.6 Å². The lowest BCUT2D eigenvalue weighted by Crippen LogP contribution is -2.57. The standard InChI is InChI=1S/C21H27BrN2O2/c22-16-10-15-12-21(6-2-1-3-7-21)26-19(15)17(11-16)20(25)23-18-13-24-8-4-14(18)5-9-24/h10-11,14,18H,1-9,12-13H2,(H,23,25). The van der Waals surface area contributed by atoms with Crippen LogP contribution in [0, 0.1) is 5.92 Å². The first-order valence-electron chi connectivity index (χ1n) is 10.2. The van der Waals surface area contributed by atoms with Crippen molar-refractivity contribution in [2.75, 3.05) is 19.6 Å². The molecule has 1 aromatic rings. The highest BCUT2D eigenvalue weighted by Gasteiger charge is 2.42. The quantitative estimate of drug-likeness (QED) is 0.791. The van der Waals surface area contributed by atoms with E-state index in [1.807, 2.05) is 6.07 Å². The third-order valence-electron chi connectivity index (χ3n) is 6.94. The van der Waals surface area contributed by atoms with E-state index in [2.05, 4.69) is 32.2 Å². The van der Waals surface area contributed by atoms with Gasteiger partial charge >= 0.3 is 0 Å². The van der Waals surface area contributed by atoms with E-state index in [4.69, 9.17) is 4.74 Å². The minimum absolute atomic E-state index is 0.0363. The number of carbonyl (C=O) groups excluding carboxylic acids is 1. The van der Waals surface area contributed by atoms with Crippen molar-refractivity contribution in [2.45, 2.75) is 63.0 Å². The average Bonchev–Trinajstić information content (AvgIpc) is 2.99. The molecule has 4 heterocycles.